The molecule has 0 aromatic carbocycles. The van der Waals surface area contributed by atoms with E-state index in [0.717, 1.165) is 6.26 Å². The highest BCUT2D eigenvalue weighted by Crippen LogP contribution is 2.19. The average molecular weight is 223 g/mol. The Morgan fingerprint density at radius 1 is 1.71 bits per heavy atom. The Morgan fingerprint density at radius 3 is 2.71 bits per heavy atom. The topological polar surface area (TPSA) is 114 Å². The SMILES string of the molecule is CS(=O)(=O)NC1(/C(N)=N\O)CCOC1. The maximum atomic E-state index is 11.1. The first-order valence-electron chi connectivity index (χ1n) is 3.94. The first kappa shape index (κ1) is 11.2. The number of nitrogens with one attached hydrogen (secondary N) is 1. The zero-order valence-corrected chi connectivity index (χ0v) is 8.54. The van der Waals surface area contributed by atoms with Crippen LogP contribution in [0.2, 0.25) is 0 Å². The maximum absolute atomic E-state index is 11.1. The summed E-state index contributed by atoms with van der Waals surface area (Å²) < 4.78 is 29.5. The van der Waals surface area contributed by atoms with Crippen LogP contribution in [0.15, 0.2) is 5.16 Å². The van der Waals surface area contributed by atoms with Crippen LogP contribution in [0.25, 0.3) is 0 Å². The van der Waals surface area contributed by atoms with Gasteiger partial charge < -0.3 is 15.7 Å². The third kappa shape index (κ3) is 2.34. The Morgan fingerprint density at radius 2 is 2.36 bits per heavy atom. The monoisotopic (exact) mass is 223 g/mol. The van der Waals surface area contributed by atoms with Gasteiger partial charge in [-0.3, -0.25) is 0 Å². The molecule has 1 heterocycles. The van der Waals surface area contributed by atoms with Crippen LogP contribution in [-0.2, 0) is 14.8 Å². The van der Waals surface area contributed by atoms with E-state index in [-0.39, 0.29) is 12.4 Å². The van der Waals surface area contributed by atoms with Gasteiger partial charge in [-0.2, -0.15) is 4.72 Å². The lowest BCUT2D eigenvalue weighted by molar-refractivity contribution is 0.185. The molecule has 0 spiro atoms. The molecule has 14 heavy (non-hydrogen) atoms. The second kappa shape index (κ2) is 3.71. The van der Waals surface area contributed by atoms with E-state index in [1.165, 1.54) is 0 Å². The van der Waals surface area contributed by atoms with E-state index < -0.39 is 15.6 Å². The molecule has 4 N–H and O–H groups in total. The van der Waals surface area contributed by atoms with E-state index in [1.54, 1.807) is 0 Å². The fourth-order valence-electron chi connectivity index (χ4n) is 1.35. The van der Waals surface area contributed by atoms with Gasteiger partial charge in [-0.15, -0.1) is 0 Å². The second-order valence-electron chi connectivity index (χ2n) is 3.24. The molecule has 1 aliphatic heterocycles. The highest BCUT2D eigenvalue weighted by molar-refractivity contribution is 7.88. The van der Waals surface area contributed by atoms with Gasteiger partial charge in [0.25, 0.3) is 0 Å². The molecular formula is C6H13N3O4S. The van der Waals surface area contributed by atoms with Crippen LogP contribution in [0.5, 0.6) is 0 Å². The minimum atomic E-state index is -3.42. The molecule has 0 aromatic rings. The van der Waals surface area contributed by atoms with Gasteiger partial charge in [-0.05, 0) is 6.42 Å². The molecule has 8 heteroatoms. The highest BCUT2D eigenvalue weighted by Gasteiger charge is 2.41. The molecule has 0 saturated carbocycles. The third-order valence-electron chi connectivity index (χ3n) is 2.00. The number of amidine groups is 1. The van der Waals surface area contributed by atoms with Gasteiger partial charge in [-0.25, -0.2) is 8.42 Å². The molecule has 82 valence electrons. The number of rotatable bonds is 3. The lowest BCUT2D eigenvalue weighted by Crippen LogP contribution is -2.57. The standard InChI is InChI=1S/C6H13N3O4S/c1-14(11,12)9-6(5(7)8-10)2-3-13-4-6/h9-10H,2-4H2,1H3,(H2,7,8). The number of oxime groups is 1. The average Bonchev–Trinajstić information content (AvgIpc) is 2.49. The Bertz CT molecular complexity index is 331. The molecule has 0 aliphatic carbocycles. The number of sulfonamides is 1. The summed E-state index contributed by atoms with van der Waals surface area (Å²) in [5.41, 5.74) is 4.32. The van der Waals surface area contributed by atoms with Crippen molar-refractivity contribution in [3.05, 3.63) is 0 Å². The Hall–Kier alpha value is -0.860. The van der Waals surface area contributed by atoms with Gasteiger partial charge in [0.15, 0.2) is 5.84 Å². The number of hydrogen-bond donors (Lipinski definition) is 3. The predicted molar refractivity (Wildman–Crippen MR) is 49.6 cm³/mol. The van der Waals surface area contributed by atoms with Crippen molar-refractivity contribution in [2.45, 2.75) is 12.0 Å². The quantitative estimate of drug-likeness (QED) is 0.232. The largest absolute Gasteiger partial charge is 0.409 e. The fraction of sp³-hybridized carbons (Fsp3) is 0.833. The van der Waals surface area contributed by atoms with Crippen LogP contribution in [0, 0.1) is 0 Å². The van der Waals surface area contributed by atoms with E-state index in [4.69, 9.17) is 15.7 Å². The van der Waals surface area contributed by atoms with Crippen molar-refractivity contribution in [3.8, 4) is 0 Å². The summed E-state index contributed by atoms with van der Waals surface area (Å²) >= 11 is 0. The van der Waals surface area contributed by atoms with Crippen molar-refractivity contribution < 1.29 is 18.4 Å². The molecule has 0 bridgehead atoms. The lowest BCUT2D eigenvalue weighted by atomic mass is 9.99. The summed E-state index contributed by atoms with van der Waals surface area (Å²) in [5, 5.41) is 11.3. The van der Waals surface area contributed by atoms with E-state index in [2.05, 4.69) is 9.88 Å². The summed E-state index contributed by atoms with van der Waals surface area (Å²) in [5.74, 6) is -0.180. The van der Waals surface area contributed by atoms with Gasteiger partial charge in [-0.1, -0.05) is 5.16 Å². The first-order valence-corrected chi connectivity index (χ1v) is 5.83. The minimum Gasteiger partial charge on any atom is -0.409 e. The number of ether oxygens (including phenoxy) is 1. The predicted octanol–water partition coefficient (Wildman–Crippen LogP) is -1.56. The lowest BCUT2D eigenvalue weighted by Gasteiger charge is -2.25. The van der Waals surface area contributed by atoms with Gasteiger partial charge in [0, 0.05) is 6.61 Å². The van der Waals surface area contributed by atoms with Crippen molar-refractivity contribution >= 4 is 15.9 Å². The fourth-order valence-corrected chi connectivity index (χ4v) is 2.33. The van der Waals surface area contributed by atoms with Crippen LogP contribution >= 0.6 is 0 Å². The summed E-state index contributed by atoms with van der Waals surface area (Å²) in [4.78, 5) is 0. The zero-order valence-electron chi connectivity index (χ0n) is 7.73. The normalized spacial score (nSPS) is 29.4. The minimum absolute atomic E-state index is 0.0793. The number of nitrogens with two attached hydrogens (primary N) is 1. The summed E-state index contributed by atoms with van der Waals surface area (Å²) in [6, 6.07) is 0. The summed E-state index contributed by atoms with van der Waals surface area (Å²) in [6.45, 7) is 0.453. The van der Waals surface area contributed by atoms with Crippen molar-refractivity contribution in [2.24, 2.45) is 10.9 Å². The molecule has 1 aliphatic rings. The van der Waals surface area contributed by atoms with Crippen LogP contribution < -0.4 is 10.5 Å². The molecular weight excluding hydrogens is 210 g/mol. The summed E-state index contributed by atoms with van der Waals surface area (Å²) in [6.07, 6.45) is 1.37. The van der Waals surface area contributed by atoms with Crippen molar-refractivity contribution in [1.29, 1.82) is 0 Å². The van der Waals surface area contributed by atoms with Gasteiger partial charge in [0.1, 0.15) is 5.54 Å². The number of hydrogen-bond acceptors (Lipinski definition) is 5. The summed E-state index contributed by atoms with van der Waals surface area (Å²) in [7, 11) is -3.42. The molecule has 1 saturated heterocycles. The molecule has 0 amide bonds. The Balaban J connectivity index is 2.94. The molecule has 0 aromatic heterocycles. The molecule has 0 radical (unpaired) electrons. The number of nitrogens with zero attached hydrogens (tertiary/aromatic N) is 1. The first-order chi connectivity index (χ1) is 6.40. The van der Waals surface area contributed by atoms with Crippen LogP contribution in [-0.4, -0.2) is 44.5 Å². The van der Waals surface area contributed by atoms with Crippen molar-refractivity contribution in [3.63, 3.8) is 0 Å². The molecule has 1 rings (SSSR count). The van der Waals surface area contributed by atoms with Gasteiger partial charge in [0.05, 0.1) is 12.9 Å². The third-order valence-corrected chi connectivity index (χ3v) is 2.76. The molecule has 1 fully saturated rings. The van der Waals surface area contributed by atoms with E-state index in [1.807, 2.05) is 0 Å². The molecule has 7 nitrogen and oxygen atoms in total. The van der Waals surface area contributed by atoms with Gasteiger partial charge in [0.2, 0.25) is 10.0 Å². The van der Waals surface area contributed by atoms with Crippen LogP contribution in [0.3, 0.4) is 0 Å². The van der Waals surface area contributed by atoms with Crippen molar-refractivity contribution in [1.82, 2.24) is 4.72 Å². The highest BCUT2D eigenvalue weighted by atomic mass is 32.2. The van der Waals surface area contributed by atoms with E-state index >= 15 is 0 Å². The van der Waals surface area contributed by atoms with Crippen LogP contribution in [0.4, 0.5) is 0 Å². The Kier molecular flexibility index (Phi) is 2.98. The molecule has 1 unspecified atom stereocenters. The van der Waals surface area contributed by atoms with Gasteiger partial charge >= 0.3 is 0 Å². The maximum Gasteiger partial charge on any atom is 0.209 e. The second-order valence-corrected chi connectivity index (χ2v) is 4.99. The van der Waals surface area contributed by atoms with E-state index in [0.29, 0.717) is 13.0 Å². The smallest absolute Gasteiger partial charge is 0.209 e. The Labute approximate surface area is 82.0 Å². The molecule has 1 atom stereocenters. The van der Waals surface area contributed by atoms with Crippen LogP contribution in [0.1, 0.15) is 6.42 Å². The van der Waals surface area contributed by atoms with E-state index in [9.17, 15) is 8.42 Å². The zero-order chi connectivity index (χ0) is 10.8. The van der Waals surface area contributed by atoms with Crippen molar-refractivity contribution in [2.75, 3.05) is 19.5 Å².